The average molecular weight is 495 g/mol. The fourth-order valence-electron chi connectivity index (χ4n) is 4.97. The molecule has 0 bridgehead atoms. The monoisotopic (exact) mass is 494 g/mol. The van der Waals surface area contributed by atoms with Gasteiger partial charge in [-0.2, -0.15) is 0 Å². The summed E-state index contributed by atoms with van der Waals surface area (Å²) in [5.74, 6) is -1.72. The zero-order chi connectivity index (χ0) is 25.1. The van der Waals surface area contributed by atoms with Crippen molar-refractivity contribution < 1.29 is 14.7 Å². The second-order valence-corrected chi connectivity index (χ2v) is 9.99. The summed E-state index contributed by atoms with van der Waals surface area (Å²) < 4.78 is 2.66. The molecular weight excluding hydrogens is 472 g/mol. The topological polar surface area (TPSA) is 87.8 Å². The van der Waals surface area contributed by atoms with Crippen molar-refractivity contribution in [2.45, 2.75) is 26.8 Å². The molecule has 4 heterocycles. The largest absolute Gasteiger partial charge is 0.505 e. The van der Waals surface area contributed by atoms with Crippen molar-refractivity contribution >= 4 is 49.8 Å². The first-order valence-corrected chi connectivity index (χ1v) is 12.3. The normalized spacial score (nSPS) is 17.5. The van der Waals surface area contributed by atoms with Gasteiger partial charge in [-0.05, 0) is 55.7 Å². The van der Waals surface area contributed by atoms with Gasteiger partial charge in [0.1, 0.15) is 11.3 Å². The summed E-state index contributed by atoms with van der Waals surface area (Å²) in [6.45, 7) is 5.77. The van der Waals surface area contributed by atoms with Crippen LogP contribution >= 0.6 is 11.3 Å². The Morgan fingerprint density at radius 3 is 2.50 bits per heavy atom. The number of carbonyl (C=O) groups excluding carboxylic acids is 2. The minimum absolute atomic E-state index is 0.0205. The smallest absolute Gasteiger partial charge is 0.301 e. The number of fused-ring (bicyclic) bond motifs is 2. The molecule has 0 saturated carbocycles. The summed E-state index contributed by atoms with van der Waals surface area (Å²) in [5, 5.41) is 12.0. The maximum Gasteiger partial charge on any atom is 0.301 e. The van der Waals surface area contributed by atoms with Crippen LogP contribution in [0.1, 0.15) is 34.1 Å². The first-order chi connectivity index (χ1) is 17.3. The highest BCUT2D eigenvalue weighted by molar-refractivity contribution is 7.22. The summed E-state index contributed by atoms with van der Waals surface area (Å²) in [4.78, 5) is 37.8. The first-order valence-electron chi connectivity index (χ1n) is 11.5. The molecule has 2 aromatic carbocycles. The summed E-state index contributed by atoms with van der Waals surface area (Å²) in [6.07, 6.45) is 1.77. The first kappa shape index (κ1) is 22.2. The van der Waals surface area contributed by atoms with Gasteiger partial charge in [-0.3, -0.25) is 18.9 Å². The van der Waals surface area contributed by atoms with Crippen LogP contribution < -0.4 is 4.90 Å². The number of pyridine rings is 1. The van der Waals surface area contributed by atoms with Crippen molar-refractivity contribution in [1.29, 1.82) is 0 Å². The maximum absolute atomic E-state index is 13.5. The minimum Gasteiger partial charge on any atom is -0.505 e. The van der Waals surface area contributed by atoms with Crippen molar-refractivity contribution in [2.75, 3.05) is 4.90 Å². The van der Waals surface area contributed by atoms with Crippen molar-refractivity contribution in [3.63, 3.8) is 0 Å². The summed E-state index contributed by atoms with van der Waals surface area (Å²) in [5.41, 5.74) is 5.21. The number of ketones is 1. The Bertz CT molecular complexity index is 1730. The summed E-state index contributed by atoms with van der Waals surface area (Å²) in [6, 6.07) is 18.0. The molecule has 0 spiro atoms. The third-order valence-electron chi connectivity index (χ3n) is 6.51. The van der Waals surface area contributed by atoms with Crippen LogP contribution in [0.2, 0.25) is 0 Å². The van der Waals surface area contributed by atoms with E-state index in [2.05, 4.69) is 4.98 Å². The average Bonchev–Trinajstić information content (AvgIpc) is 3.50. The SMILES string of the molecule is Cc1cc(C)c2nc(N3C(=O)C(=O)C(=C(O)c4c(C)nc5ccccn45)C3c3ccccc3)sc2c1. The number of Topliss-reactive ketones (excluding diaryl/α,β-unsaturated/α-hetero) is 1. The Hall–Kier alpha value is -4.30. The zero-order valence-corrected chi connectivity index (χ0v) is 20.7. The van der Waals surface area contributed by atoms with Crippen molar-refractivity contribution in [1.82, 2.24) is 14.4 Å². The van der Waals surface area contributed by atoms with E-state index in [0.717, 1.165) is 21.3 Å². The highest BCUT2D eigenvalue weighted by Crippen LogP contribution is 2.45. The lowest BCUT2D eigenvalue weighted by Gasteiger charge is -2.22. The van der Waals surface area contributed by atoms with Gasteiger partial charge >= 0.3 is 5.91 Å². The third kappa shape index (κ3) is 3.25. The number of aromatic nitrogens is 3. The molecule has 8 heteroatoms. The Labute approximate surface area is 211 Å². The van der Waals surface area contributed by atoms with Crippen molar-refractivity contribution in [3.8, 4) is 0 Å². The van der Waals surface area contributed by atoms with Crippen LogP contribution in [0.15, 0.2) is 72.4 Å². The van der Waals surface area contributed by atoms with Crippen LogP contribution in [-0.4, -0.2) is 31.2 Å². The molecule has 3 aromatic heterocycles. The van der Waals surface area contributed by atoms with Crippen LogP contribution in [0.3, 0.4) is 0 Å². The Kier molecular flexibility index (Phi) is 5.01. The third-order valence-corrected chi connectivity index (χ3v) is 7.51. The van der Waals surface area contributed by atoms with E-state index in [0.29, 0.717) is 27.7 Å². The summed E-state index contributed by atoms with van der Waals surface area (Å²) in [7, 11) is 0. The van der Waals surface area contributed by atoms with Gasteiger partial charge in [0.05, 0.1) is 27.5 Å². The van der Waals surface area contributed by atoms with E-state index in [1.54, 1.807) is 17.5 Å². The second-order valence-electron chi connectivity index (χ2n) is 8.98. The van der Waals surface area contributed by atoms with Gasteiger partial charge in [0.2, 0.25) is 0 Å². The lowest BCUT2D eigenvalue weighted by atomic mass is 9.96. The highest BCUT2D eigenvalue weighted by atomic mass is 32.1. The molecule has 5 aromatic rings. The molecule has 1 aliphatic heterocycles. The number of aliphatic hydroxyl groups is 1. The quantitative estimate of drug-likeness (QED) is 0.203. The molecule has 1 saturated heterocycles. The maximum atomic E-state index is 13.5. The number of amides is 1. The molecule has 178 valence electrons. The molecule has 7 nitrogen and oxygen atoms in total. The predicted molar refractivity (Wildman–Crippen MR) is 140 cm³/mol. The van der Waals surface area contributed by atoms with Gasteiger partial charge in [0.25, 0.3) is 5.78 Å². The van der Waals surface area contributed by atoms with Gasteiger partial charge in [-0.15, -0.1) is 0 Å². The number of imidazole rings is 1. The van der Waals surface area contributed by atoms with Gasteiger partial charge in [0, 0.05) is 6.20 Å². The molecule has 0 aliphatic carbocycles. The molecule has 1 amide bonds. The van der Waals surface area contributed by atoms with E-state index in [1.165, 1.54) is 16.2 Å². The number of anilines is 1. The van der Waals surface area contributed by atoms with Gasteiger partial charge < -0.3 is 5.11 Å². The van der Waals surface area contributed by atoms with Crippen LogP contribution in [0, 0.1) is 20.8 Å². The number of benzene rings is 2. The predicted octanol–water partition coefficient (Wildman–Crippen LogP) is 5.50. The van der Waals surface area contributed by atoms with E-state index in [1.807, 2.05) is 74.5 Å². The van der Waals surface area contributed by atoms with Gasteiger partial charge in [0.15, 0.2) is 10.9 Å². The van der Waals surface area contributed by atoms with Gasteiger partial charge in [-0.25, -0.2) is 9.97 Å². The molecule has 6 rings (SSSR count). The molecule has 1 unspecified atom stereocenters. The molecule has 1 aliphatic rings. The lowest BCUT2D eigenvalue weighted by Crippen LogP contribution is -2.29. The van der Waals surface area contributed by atoms with Crippen LogP contribution in [-0.2, 0) is 9.59 Å². The number of rotatable bonds is 3. The fourth-order valence-corrected chi connectivity index (χ4v) is 6.14. The Balaban J connectivity index is 1.61. The second kappa shape index (κ2) is 8.13. The number of aliphatic hydroxyl groups excluding tert-OH is 1. The summed E-state index contributed by atoms with van der Waals surface area (Å²) >= 11 is 1.36. The number of carbonyl (C=O) groups is 2. The van der Waals surface area contributed by atoms with E-state index in [-0.39, 0.29) is 11.3 Å². The molecule has 36 heavy (non-hydrogen) atoms. The van der Waals surface area contributed by atoms with Crippen LogP contribution in [0.25, 0.3) is 21.6 Å². The molecule has 1 fully saturated rings. The number of aryl methyl sites for hydroxylation is 3. The minimum atomic E-state index is -0.832. The van der Waals surface area contributed by atoms with E-state index >= 15 is 0 Å². The number of hydrogen-bond acceptors (Lipinski definition) is 6. The fraction of sp³-hybridized carbons (Fsp3) is 0.143. The van der Waals surface area contributed by atoms with Gasteiger partial charge in [-0.1, -0.05) is 53.8 Å². The Morgan fingerprint density at radius 1 is 0.972 bits per heavy atom. The standard InChI is InChI=1S/C28H22N4O3S/c1-15-13-16(2)22-19(14-15)36-28(30-22)32-24(18-9-5-4-6-10-18)21(26(34)27(32)35)25(33)23-17(3)29-20-11-7-8-12-31(20)23/h4-14,24,33H,1-3H3. The van der Waals surface area contributed by atoms with Crippen molar-refractivity contribution in [3.05, 3.63) is 101 Å². The zero-order valence-electron chi connectivity index (χ0n) is 19.9. The molecule has 1 atom stereocenters. The highest BCUT2D eigenvalue weighted by Gasteiger charge is 2.48. The van der Waals surface area contributed by atoms with Crippen molar-refractivity contribution in [2.24, 2.45) is 0 Å². The molecule has 1 N–H and O–H groups in total. The number of nitrogens with zero attached hydrogens (tertiary/aromatic N) is 4. The van der Waals surface area contributed by atoms with E-state index < -0.39 is 17.7 Å². The molecular formula is C28H22N4O3S. The molecule has 0 radical (unpaired) electrons. The van der Waals surface area contributed by atoms with E-state index in [4.69, 9.17) is 4.98 Å². The van der Waals surface area contributed by atoms with Crippen LogP contribution in [0.5, 0.6) is 0 Å². The van der Waals surface area contributed by atoms with Crippen LogP contribution in [0.4, 0.5) is 5.13 Å². The number of hydrogen-bond donors (Lipinski definition) is 1. The van der Waals surface area contributed by atoms with E-state index in [9.17, 15) is 14.7 Å². The number of thiazole rings is 1. The Morgan fingerprint density at radius 2 is 1.72 bits per heavy atom. The lowest BCUT2D eigenvalue weighted by molar-refractivity contribution is -0.132.